The van der Waals surface area contributed by atoms with Gasteiger partial charge < -0.3 is 4.74 Å². The Balaban J connectivity index is 2.23. The SMILES string of the molecule is CC(C)(C)C1Oc2ccccc2S1. The summed E-state index contributed by atoms with van der Waals surface area (Å²) < 4.78 is 5.83. The van der Waals surface area contributed by atoms with E-state index in [1.807, 2.05) is 23.9 Å². The second kappa shape index (κ2) is 2.95. The summed E-state index contributed by atoms with van der Waals surface area (Å²) in [4.78, 5) is 1.27. The van der Waals surface area contributed by atoms with Crippen LogP contribution in [0, 0.1) is 5.41 Å². The number of para-hydroxylation sites is 1. The lowest BCUT2D eigenvalue weighted by Gasteiger charge is -2.24. The van der Waals surface area contributed by atoms with Crippen molar-refractivity contribution in [1.82, 2.24) is 0 Å². The molecule has 0 N–H and O–H groups in total. The molecule has 1 unspecified atom stereocenters. The number of benzene rings is 1. The van der Waals surface area contributed by atoms with Crippen molar-refractivity contribution in [3.05, 3.63) is 24.3 Å². The Morgan fingerprint density at radius 2 is 1.92 bits per heavy atom. The van der Waals surface area contributed by atoms with Crippen LogP contribution in [-0.4, -0.2) is 5.44 Å². The maximum atomic E-state index is 5.83. The summed E-state index contributed by atoms with van der Waals surface area (Å²) in [5.41, 5.74) is 0.453. The lowest BCUT2D eigenvalue weighted by Crippen LogP contribution is -2.25. The Hall–Kier alpha value is -0.630. The van der Waals surface area contributed by atoms with Crippen LogP contribution in [0.5, 0.6) is 5.75 Å². The van der Waals surface area contributed by atoms with Crippen molar-refractivity contribution in [1.29, 1.82) is 0 Å². The first kappa shape index (κ1) is 8.95. The summed E-state index contributed by atoms with van der Waals surface area (Å²) in [6, 6.07) is 8.23. The lowest BCUT2D eigenvalue weighted by molar-refractivity contribution is 0.171. The van der Waals surface area contributed by atoms with Crippen LogP contribution >= 0.6 is 11.8 Å². The predicted molar refractivity (Wildman–Crippen MR) is 56.2 cm³/mol. The molecule has 0 saturated carbocycles. The van der Waals surface area contributed by atoms with Crippen LogP contribution < -0.4 is 4.74 Å². The molecule has 13 heavy (non-hydrogen) atoms. The molecular weight excluding hydrogens is 180 g/mol. The van der Waals surface area contributed by atoms with Crippen LogP contribution in [0.2, 0.25) is 0 Å². The van der Waals surface area contributed by atoms with E-state index in [9.17, 15) is 0 Å². The molecule has 0 saturated heterocycles. The molecule has 0 fully saturated rings. The third-order valence-electron chi connectivity index (χ3n) is 2.02. The molecule has 0 aliphatic carbocycles. The predicted octanol–water partition coefficient (Wildman–Crippen LogP) is 3.54. The molecule has 0 bridgehead atoms. The molecule has 1 atom stereocenters. The van der Waals surface area contributed by atoms with Crippen molar-refractivity contribution in [3.8, 4) is 5.75 Å². The minimum atomic E-state index is 0.198. The second-order valence-electron chi connectivity index (χ2n) is 4.38. The van der Waals surface area contributed by atoms with Crippen LogP contribution in [0.4, 0.5) is 0 Å². The molecule has 2 heteroatoms. The van der Waals surface area contributed by atoms with Crippen molar-refractivity contribution in [2.45, 2.75) is 31.1 Å². The average molecular weight is 194 g/mol. The van der Waals surface area contributed by atoms with E-state index in [1.165, 1.54) is 4.90 Å². The normalized spacial score (nSPS) is 21.0. The molecule has 1 aliphatic heterocycles. The number of hydrogen-bond donors (Lipinski definition) is 0. The first-order valence-corrected chi connectivity index (χ1v) is 5.38. The molecular formula is C11H14OS. The first-order chi connectivity index (χ1) is 6.07. The third-order valence-corrected chi connectivity index (χ3v) is 3.63. The Kier molecular flexibility index (Phi) is 2.03. The fourth-order valence-corrected chi connectivity index (χ4v) is 2.38. The highest BCUT2D eigenvalue weighted by molar-refractivity contribution is 8.00. The van der Waals surface area contributed by atoms with Gasteiger partial charge in [-0.25, -0.2) is 0 Å². The van der Waals surface area contributed by atoms with Gasteiger partial charge in [-0.3, -0.25) is 0 Å². The number of hydrogen-bond acceptors (Lipinski definition) is 2. The van der Waals surface area contributed by atoms with Gasteiger partial charge in [-0.05, 0) is 12.1 Å². The van der Waals surface area contributed by atoms with Gasteiger partial charge in [0.2, 0.25) is 0 Å². The number of ether oxygens (including phenoxy) is 1. The number of rotatable bonds is 0. The summed E-state index contributed by atoms with van der Waals surface area (Å²) in [5, 5.41) is 0. The summed E-state index contributed by atoms with van der Waals surface area (Å²) >= 11 is 1.82. The summed E-state index contributed by atoms with van der Waals surface area (Å²) in [5.74, 6) is 1.03. The zero-order chi connectivity index (χ0) is 9.47. The van der Waals surface area contributed by atoms with Gasteiger partial charge in [0.1, 0.15) is 5.75 Å². The first-order valence-electron chi connectivity index (χ1n) is 4.50. The highest BCUT2D eigenvalue weighted by Gasteiger charge is 2.33. The van der Waals surface area contributed by atoms with Gasteiger partial charge in [0.05, 0.1) is 4.90 Å². The van der Waals surface area contributed by atoms with Crippen molar-refractivity contribution in [2.24, 2.45) is 5.41 Å². The van der Waals surface area contributed by atoms with Gasteiger partial charge in [-0.2, -0.15) is 0 Å². The van der Waals surface area contributed by atoms with Crippen LogP contribution in [-0.2, 0) is 0 Å². The minimum Gasteiger partial charge on any atom is -0.478 e. The Labute approximate surface area is 83.5 Å². The summed E-state index contributed by atoms with van der Waals surface area (Å²) in [6.07, 6.45) is 0. The summed E-state index contributed by atoms with van der Waals surface area (Å²) in [7, 11) is 0. The van der Waals surface area contributed by atoms with Crippen LogP contribution in [0.1, 0.15) is 20.8 Å². The molecule has 2 rings (SSSR count). The molecule has 70 valence electrons. The third kappa shape index (κ3) is 1.68. The summed E-state index contributed by atoms with van der Waals surface area (Å²) in [6.45, 7) is 6.61. The van der Waals surface area contributed by atoms with Crippen molar-refractivity contribution >= 4 is 11.8 Å². The largest absolute Gasteiger partial charge is 0.478 e. The monoisotopic (exact) mass is 194 g/mol. The second-order valence-corrected chi connectivity index (χ2v) is 5.48. The van der Waals surface area contributed by atoms with Crippen LogP contribution in [0.15, 0.2) is 29.2 Å². The lowest BCUT2D eigenvalue weighted by atomic mass is 9.98. The van der Waals surface area contributed by atoms with E-state index in [1.54, 1.807) is 0 Å². The smallest absolute Gasteiger partial charge is 0.153 e. The topological polar surface area (TPSA) is 9.23 Å². The van der Waals surface area contributed by atoms with E-state index in [-0.39, 0.29) is 10.9 Å². The number of thioether (sulfide) groups is 1. The quantitative estimate of drug-likeness (QED) is 0.624. The van der Waals surface area contributed by atoms with E-state index < -0.39 is 0 Å². The molecule has 0 aromatic heterocycles. The highest BCUT2D eigenvalue weighted by Crippen LogP contribution is 2.46. The Morgan fingerprint density at radius 3 is 2.54 bits per heavy atom. The zero-order valence-corrected chi connectivity index (χ0v) is 9.02. The Morgan fingerprint density at radius 1 is 1.23 bits per heavy atom. The molecule has 0 radical (unpaired) electrons. The van der Waals surface area contributed by atoms with Gasteiger partial charge in [-0.1, -0.05) is 44.7 Å². The van der Waals surface area contributed by atoms with Crippen molar-refractivity contribution in [3.63, 3.8) is 0 Å². The molecule has 0 spiro atoms. The van der Waals surface area contributed by atoms with E-state index in [0.717, 1.165) is 5.75 Å². The molecule has 1 heterocycles. The standard InChI is InChI=1S/C11H14OS/c1-11(2,3)10-12-8-6-4-5-7-9(8)13-10/h4-7,10H,1-3H3. The number of fused-ring (bicyclic) bond motifs is 1. The van der Waals surface area contributed by atoms with E-state index in [2.05, 4.69) is 32.9 Å². The highest BCUT2D eigenvalue weighted by atomic mass is 32.2. The van der Waals surface area contributed by atoms with Crippen LogP contribution in [0.3, 0.4) is 0 Å². The molecule has 1 aromatic carbocycles. The zero-order valence-electron chi connectivity index (χ0n) is 8.20. The van der Waals surface area contributed by atoms with E-state index in [4.69, 9.17) is 4.74 Å². The van der Waals surface area contributed by atoms with E-state index in [0.29, 0.717) is 0 Å². The average Bonchev–Trinajstić information content (AvgIpc) is 2.45. The van der Waals surface area contributed by atoms with Gasteiger partial charge >= 0.3 is 0 Å². The van der Waals surface area contributed by atoms with Gasteiger partial charge in [-0.15, -0.1) is 0 Å². The molecule has 0 amide bonds. The minimum absolute atomic E-state index is 0.198. The van der Waals surface area contributed by atoms with E-state index >= 15 is 0 Å². The molecule has 1 aliphatic rings. The van der Waals surface area contributed by atoms with Crippen molar-refractivity contribution < 1.29 is 4.74 Å². The maximum absolute atomic E-state index is 5.83. The fraction of sp³-hybridized carbons (Fsp3) is 0.455. The van der Waals surface area contributed by atoms with Crippen molar-refractivity contribution in [2.75, 3.05) is 0 Å². The Bertz CT molecular complexity index is 289. The molecule has 1 aromatic rings. The van der Waals surface area contributed by atoms with Gasteiger partial charge in [0.15, 0.2) is 5.44 Å². The fourth-order valence-electron chi connectivity index (χ4n) is 1.25. The molecule has 1 nitrogen and oxygen atoms in total. The van der Waals surface area contributed by atoms with Gasteiger partial charge in [0, 0.05) is 5.41 Å². The van der Waals surface area contributed by atoms with Crippen LogP contribution in [0.25, 0.3) is 0 Å². The van der Waals surface area contributed by atoms with Gasteiger partial charge in [0.25, 0.3) is 0 Å². The maximum Gasteiger partial charge on any atom is 0.153 e.